The van der Waals surface area contributed by atoms with E-state index in [0.717, 1.165) is 57.8 Å². The molecule has 0 aromatic carbocycles. The van der Waals surface area contributed by atoms with Crippen LogP contribution < -0.4 is 0 Å². The lowest BCUT2D eigenvalue weighted by Crippen LogP contribution is -2.21. The number of carboxylic acids is 1. The van der Waals surface area contributed by atoms with Crippen LogP contribution in [0.25, 0.3) is 0 Å². The second kappa shape index (κ2) is 8.96. The smallest absolute Gasteiger partial charge is 0.309 e. The maximum absolute atomic E-state index is 12.0. The number of ether oxygens (including phenoxy) is 1. The van der Waals surface area contributed by atoms with Crippen molar-refractivity contribution < 1.29 is 19.4 Å². The van der Waals surface area contributed by atoms with E-state index in [4.69, 9.17) is 9.84 Å². The van der Waals surface area contributed by atoms with Gasteiger partial charge in [0.1, 0.15) is 0 Å². The Hall–Kier alpha value is -1.32. The summed E-state index contributed by atoms with van der Waals surface area (Å²) in [5.74, 6) is 0.467. The van der Waals surface area contributed by atoms with Gasteiger partial charge in [-0.05, 0) is 37.5 Å². The second-order valence-electron chi connectivity index (χ2n) is 6.67. The zero-order chi connectivity index (χ0) is 15.8. The molecule has 1 saturated carbocycles. The Labute approximate surface area is 132 Å². The van der Waals surface area contributed by atoms with Gasteiger partial charge < -0.3 is 9.84 Å². The molecular weight excluding hydrogens is 280 g/mol. The van der Waals surface area contributed by atoms with Crippen molar-refractivity contribution in [1.29, 1.82) is 0 Å². The molecule has 2 aliphatic carbocycles. The monoisotopic (exact) mass is 308 g/mol. The third-order valence-corrected chi connectivity index (χ3v) is 4.86. The van der Waals surface area contributed by atoms with Gasteiger partial charge in [0.2, 0.25) is 0 Å². The highest BCUT2D eigenvalue weighted by Gasteiger charge is 2.40. The van der Waals surface area contributed by atoms with Gasteiger partial charge in [0.15, 0.2) is 0 Å². The maximum Gasteiger partial charge on any atom is 0.309 e. The van der Waals surface area contributed by atoms with Crippen molar-refractivity contribution in [3.63, 3.8) is 0 Å². The molecule has 1 fully saturated rings. The molecule has 0 radical (unpaired) electrons. The van der Waals surface area contributed by atoms with Crippen molar-refractivity contribution in [3.05, 3.63) is 12.2 Å². The average molecular weight is 308 g/mol. The fraction of sp³-hybridized carbons (Fsp3) is 0.778. The van der Waals surface area contributed by atoms with Gasteiger partial charge in [-0.3, -0.25) is 9.59 Å². The molecule has 0 heterocycles. The van der Waals surface area contributed by atoms with Crippen LogP contribution in [0.5, 0.6) is 0 Å². The molecule has 1 N–H and O–H groups in total. The van der Waals surface area contributed by atoms with Gasteiger partial charge >= 0.3 is 11.9 Å². The van der Waals surface area contributed by atoms with Crippen molar-refractivity contribution in [2.24, 2.45) is 17.8 Å². The second-order valence-corrected chi connectivity index (χ2v) is 6.67. The van der Waals surface area contributed by atoms with Crippen LogP contribution in [0, 0.1) is 17.8 Å². The molecule has 3 unspecified atom stereocenters. The standard InChI is InChI=1S/C18H28O4/c19-17(20)8-6-4-2-1-3-5-7-11-22-18(21)16-13-14-9-10-15(16)12-14/h9-10,14-16H,1-8,11-13H2,(H,19,20). The van der Waals surface area contributed by atoms with Crippen LogP contribution >= 0.6 is 0 Å². The quantitative estimate of drug-likeness (QED) is 0.356. The molecule has 2 bridgehead atoms. The highest BCUT2D eigenvalue weighted by molar-refractivity contribution is 5.74. The summed E-state index contributed by atoms with van der Waals surface area (Å²) >= 11 is 0. The number of carboxylic acid groups (broad SMARTS) is 1. The van der Waals surface area contributed by atoms with Crippen LogP contribution in [0.3, 0.4) is 0 Å². The van der Waals surface area contributed by atoms with Crippen LogP contribution in [0.2, 0.25) is 0 Å². The van der Waals surface area contributed by atoms with Crippen molar-refractivity contribution in [3.8, 4) is 0 Å². The van der Waals surface area contributed by atoms with Gasteiger partial charge in [-0.1, -0.05) is 44.3 Å². The molecule has 0 aromatic rings. The number of carbonyl (C=O) groups is 2. The average Bonchev–Trinajstić information content (AvgIpc) is 3.11. The Bertz CT molecular complexity index is 402. The van der Waals surface area contributed by atoms with E-state index in [9.17, 15) is 9.59 Å². The molecule has 2 rings (SSSR count). The van der Waals surface area contributed by atoms with Crippen LogP contribution in [0.4, 0.5) is 0 Å². The van der Waals surface area contributed by atoms with Gasteiger partial charge in [0.25, 0.3) is 0 Å². The van der Waals surface area contributed by atoms with E-state index in [1.807, 2.05) is 0 Å². The zero-order valence-electron chi connectivity index (χ0n) is 13.3. The van der Waals surface area contributed by atoms with E-state index in [1.54, 1.807) is 0 Å². The predicted octanol–water partition coefficient (Wildman–Crippen LogP) is 3.95. The number of hydrogen-bond donors (Lipinski definition) is 1. The molecule has 4 heteroatoms. The van der Waals surface area contributed by atoms with E-state index in [0.29, 0.717) is 18.4 Å². The van der Waals surface area contributed by atoms with Crippen LogP contribution in [0.15, 0.2) is 12.2 Å². The molecule has 0 saturated heterocycles. The summed E-state index contributed by atoms with van der Waals surface area (Å²) in [5.41, 5.74) is 0. The van der Waals surface area contributed by atoms with Crippen molar-refractivity contribution in [1.82, 2.24) is 0 Å². The van der Waals surface area contributed by atoms with Crippen molar-refractivity contribution >= 4 is 11.9 Å². The first-order valence-corrected chi connectivity index (χ1v) is 8.73. The number of allylic oxidation sites excluding steroid dienone is 2. The number of rotatable bonds is 11. The summed E-state index contributed by atoms with van der Waals surface area (Å²) in [5, 5.41) is 8.53. The normalized spacial score (nSPS) is 25.5. The highest BCUT2D eigenvalue weighted by Crippen LogP contribution is 2.43. The summed E-state index contributed by atoms with van der Waals surface area (Å²) in [6, 6.07) is 0. The van der Waals surface area contributed by atoms with Gasteiger partial charge in [-0.2, -0.15) is 0 Å². The Morgan fingerprint density at radius 2 is 1.64 bits per heavy atom. The lowest BCUT2D eigenvalue weighted by molar-refractivity contribution is -0.149. The maximum atomic E-state index is 12.0. The molecule has 22 heavy (non-hydrogen) atoms. The molecule has 0 aromatic heterocycles. The molecule has 0 amide bonds. The fourth-order valence-electron chi connectivity index (χ4n) is 3.59. The van der Waals surface area contributed by atoms with E-state index in [-0.39, 0.29) is 18.3 Å². The minimum atomic E-state index is -0.701. The van der Waals surface area contributed by atoms with Crippen LogP contribution in [-0.4, -0.2) is 23.7 Å². The van der Waals surface area contributed by atoms with Gasteiger partial charge in [-0.25, -0.2) is 0 Å². The Kier molecular flexibility index (Phi) is 6.94. The molecule has 3 atom stereocenters. The Morgan fingerprint density at radius 3 is 2.23 bits per heavy atom. The highest BCUT2D eigenvalue weighted by atomic mass is 16.5. The molecule has 4 nitrogen and oxygen atoms in total. The number of hydrogen-bond acceptors (Lipinski definition) is 3. The first-order valence-electron chi connectivity index (χ1n) is 8.73. The topological polar surface area (TPSA) is 63.6 Å². The third kappa shape index (κ3) is 5.47. The first-order chi connectivity index (χ1) is 10.7. The molecule has 124 valence electrons. The van der Waals surface area contributed by atoms with E-state index in [2.05, 4.69) is 12.2 Å². The van der Waals surface area contributed by atoms with Crippen molar-refractivity contribution in [2.45, 2.75) is 64.2 Å². The summed E-state index contributed by atoms with van der Waals surface area (Å²) in [4.78, 5) is 22.3. The Balaban J connectivity index is 1.39. The zero-order valence-corrected chi connectivity index (χ0v) is 13.3. The Morgan fingerprint density at radius 1 is 0.955 bits per heavy atom. The number of unbranched alkanes of at least 4 members (excludes halogenated alkanes) is 6. The summed E-state index contributed by atoms with van der Waals surface area (Å²) < 4.78 is 5.41. The molecule has 2 aliphatic rings. The number of esters is 1. The van der Waals surface area contributed by atoms with Gasteiger partial charge in [0.05, 0.1) is 12.5 Å². The van der Waals surface area contributed by atoms with Crippen LogP contribution in [0.1, 0.15) is 64.2 Å². The SMILES string of the molecule is O=C(O)CCCCCCCCCOC(=O)C1CC2C=CC1C2. The first kappa shape index (κ1) is 17.0. The minimum Gasteiger partial charge on any atom is -0.481 e. The van der Waals surface area contributed by atoms with Gasteiger partial charge in [0, 0.05) is 6.42 Å². The molecule has 0 spiro atoms. The van der Waals surface area contributed by atoms with Gasteiger partial charge in [-0.15, -0.1) is 0 Å². The summed E-state index contributed by atoms with van der Waals surface area (Å²) in [6.07, 6.45) is 14.0. The summed E-state index contributed by atoms with van der Waals surface area (Å²) in [7, 11) is 0. The lowest BCUT2D eigenvalue weighted by Gasteiger charge is -2.16. The molecular formula is C18H28O4. The molecule has 0 aliphatic heterocycles. The minimum absolute atomic E-state index is 0.00511. The fourth-order valence-corrected chi connectivity index (χ4v) is 3.59. The number of aliphatic carboxylic acids is 1. The third-order valence-electron chi connectivity index (χ3n) is 4.86. The number of fused-ring (bicyclic) bond motifs is 2. The largest absolute Gasteiger partial charge is 0.481 e. The predicted molar refractivity (Wildman–Crippen MR) is 84.4 cm³/mol. The number of carbonyl (C=O) groups excluding carboxylic acids is 1. The summed E-state index contributed by atoms with van der Waals surface area (Å²) in [6.45, 7) is 0.551. The van der Waals surface area contributed by atoms with Crippen molar-refractivity contribution in [2.75, 3.05) is 6.61 Å². The van der Waals surface area contributed by atoms with E-state index in [1.165, 1.54) is 0 Å². The van der Waals surface area contributed by atoms with E-state index >= 15 is 0 Å². The lowest BCUT2D eigenvalue weighted by atomic mass is 9.94. The van der Waals surface area contributed by atoms with Crippen LogP contribution in [-0.2, 0) is 14.3 Å². The van der Waals surface area contributed by atoms with E-state index < -0.39 is 5.97 Å².